The monoisotopic (exact) mass is 262 g/mol. The summed E-state index contributed by atoms with van der Waals surface area (Å²) in [6.07, 6.45) is 2.05. The highest BCUT2D eigenvalue weighted by Gasteiger charge is 2.07. The lowest BCUT2D eigenvalue weighted by Crippen LogP contribution is -2.16. The third-order valence-electron chi connectivity index (χ3n) is 2.94. The number of nitrogens with zero attached hydrogens (tertiary/aromatic N) is 2. The third kappa shape index (κ3) is 3.09. The number of anilines is 1. The first-order valence-electron chi connectivity index (χ1n) is 6.07. The average molecular weight is 262 g/mol. The summed E-state index contributed by atoms with van der Waals surface area (Å²) >= 11 is 1.71. The van der Waals surface area contributed by atoms with Crippen LogP contribution in [0.4, 0.5) is 5.69 Å². The maximum atomic E-state index is 9.69. The van der Waals surface area contributed by atoms with Crippen LogP contribution in [-0.4, -0.2) is 17.1 Å². The molecule has 2 aromatic rings. The van der Waals surface area contributed by atoms with Gasteiger partial charge in [0.15, 0.2) is 0 Å². The molecule has 0 bridgehead atoms. The number of rotatable bonds is 5. The molecule has 0 saturated carbocycles. The van der Waals surface area contributed by atoms with Crippen LogP contribution in [0.15, 0.2) is 35.2 Å². The largest absolute Gasteiger partial charge is 0.387 e. The van der Waals surface area contributed by atoms with Crippen LogP contribution < -0.4 is 4.90 Å². The molecular formula is C14H18N2OS. The van der Waals surface area contributed by atoms with Crippen molar-refractivity contribution in [1.82, 2.24) is 4.98 Å². The van der Waals surface area contributed by atoms with Crippen molar-refractivity contribution in [3.8, 4) is 0 Å². The second-order valence-corrected chi connectivity index (χ2v) is 5.13. The fourth-order valence-electron chi connectivity index (χ4n) is 1.78. The van der Waals surface area contributed by atoms with Gasteiger partial charge >= 0.3 is 0 Å². The van der Waals surface area contributed by atoms with Crippen LogP contribution in [0.2, 0.25) is 0 Å². The number of aromatic nitrogens is 1. The van der Waals surface area contributed by atoms with Crippen LogP contribution >= 0.6 is 11.3 Å². The Labute approximate surface area is 112 Å². The zero-order valence-corrected chi connectivity index (χ0v) is 11.5. The van der Waals surface area contributed by atoms with E-state index in [0.29, 0.717) is 6.42 Å². The fourth-order valence-corrected chi connectivity index (χ4v) is 2.44. The van der Waals surface area contributed by atoms with Crippen LogP contribution in [0, 0.1) is 0 Å². The van der Waals surface area contributed by atoms with Crippen LogP contribution in [0.1, 0.15) is 30.7 Å². The van der Waals surface area contributed by atoms with Crippen LogP contribution in [0.25, 0.3) is 0 Å². The van der Waals surface area contributed by atoms with Crippen molar-refractivity contribution in [1.29, 1.82) is 0 Å². The highest BCUT2D eigenvalue weighted by Crippen LogP contribution is 2.19. The Morgan fingerprint density at radius 1 is 1.39 bits per heavy atom. The van der Waals surface area contributed by atoms with E-state index in [4.69, 9.17) is 0 Å². The van der Waals surface area contributed by atoms with Crippen molar-refractivity contribution in [3.05, 3.63) is 46.4 Å². The van der Waals surface area contributed by atoms with E-state index >= 15 is 0 Å². The SMILES string of the molecule is CC[C@H](O)c1ccc(N(C)Cc2ccsc2)cn1. The summed E-state index contributed by atoms with van der Waals surface area (Å²) in [7, 11) is 2.05. The molecule has 0 aliphatic heterocycles. The maximum Gasteiger partial charge on any atom is 0.0957 e. The Morgan fingerprint density at radius 2 is 2.22 bits per heavy atom. The molecule has 2 rings (SSSR count). The van der Waals surface area contributed by atoms with Gasteiger partial charge in [0.05, 0.1) is 23.7 Å². The summed E-state index contributed by atoms with van der Waals surface area (Å²) in [5, 5.41) is 13.9. The summed E-state index contributed by atoms with van der Waals surface area (Å²) in [5.74, 6) is 0. The molecule has 2 heterocycles. The number of aliphatic hydroxyl groups excluding tert-OH is 1. The number of pyridine rings is 1. The van der Waals surface area contributed by atoms with Crippen LogP contribution in [0.3, 0.4) is 0 Å². The minimum Gasteiger partial charge on any atom is -0.387 e. The molecule has 0 aromatic carbocycles. The maximum absolute atomic E-state index is 9.69. The van der Waals surface area contributed by atoms with E-state index in [1.54, 1.807) is 11.3 Å². The summed E-state index contributed by atoms with van der Waals surface area (Å²) in [6.45, 7) is 2.82. The molecule has 0 saturated heterocycles. The van der Waals surface area contributed by atoms with Crippen molar-refractivity contribution >= 4 is 17.0 Å². The van der Waals surface area contributed by atoms with Crippen molar-refractivity contribution in [2.24, 2.45) is 0 Å². The average Bonchev–Trinajstić information content (AvgIpc) is 2.91. The lowest BCUT2D eigenvalue weighted by Gasteiger charge is -2.19. The number of aliphatic hydroxyl groups is 1. The van der Waals surface area contributed by atoms with Gasteiger partial charge in [-0.25, -0.2) is 0 Å². The molecule has 0 radical (unpaired) electrons. The lowest BCUT2D eigenvalue weighted by molar-refractivity contribution is 0.169. The molecule has 2 aromatic heterocycles. The number of hydrogen-bond acceptors (Lipinski definition) is 4. The summed E-state index contributed by atoms with van der Waals surface area (Å²) in [5.41, 5.74) is 3.11. The molecular weight excluding hydrogens is 244 g/mol. The Kier molecular flexibility index (Phi) is 4.33. The van der Waals surface area contributed by atoms with Crippen LogP contribution in [-0.2, 0) is 6.54 Å². The molecule has 0 amide bonds. The summed E-state index contributed by atoms with van der Waals surface area (Å²) in [4.78, 5) is 6.46. The molecule has 3 nitrogen and oxygen atoms in total. The smallest absolute Gasteiger partial charge is 0.0957 e. The predicted octanol–water partition coefficient (Wildman–Crippen LogP) is 3.22. The van der Waals surface area contributed by atoms with E-state index in [0.717, 1.165) is 17.9 Å². The Morgan fingerprint density at radius 3 is 2.78 bits per heavy atom. The van der Waals surface area contributed by atoms with Gasteiger partial charge in [0.2, 0.25) is 0 Å². The molecule has 0 fully saturated rings. The molecule has 0 unspecified atom stereocenters. The van der Waals surface area contributed by atoms with Gasteiger partial charge in [0, 0.05) is 13.6 Å². The van der Waals surface area contributed by atoms with E-state index in [9.17, 15) is 5.11 Å². The minimum absolute atomic E-state index is 0.457. The first kappa shape index (κ1) is 13.1. The predicted molar refractivity (Wildman–Crippen MR) is 75.9 cm³/mol. The zero-order valence-electron chi connectivity index (χ0n) is 10.7. The molecule has 1 atom stereocenters. The molecule has 0 aliphatic rings. The van der Waals surface area contributed by atoms with Gasteiger partial charge in [0.1, 0.15) is 0 Å². The van der Waals surface area contributed by atoms with Gasteiger partial charge in [-0.3, -0.25) is 4.98 Å². The highest BCUT2D eigenvalue weighted by atomic mass is 32.1. The third-order valence-corrected chi connectivity index (χ3v) is 3.67. The van der Waals surface area contributed by atoms with Gasteiger partial charge in [-0.2, -0.15) is 11.3 Å². The Hall–Kier alpha value is -1.39. The van der Waals surface area contributed by atoms with E-state index in [2.05, 4.69) is 26.7 Å². The molecule has 0 aliphatic carbocycles. The molecule has 4 heteroatoms. The standard InChI is InChI=1S/C14H18N2OS/c1-3-14(17)13-5-4-12(8-15-13)16(2)9-11-6-7-18-10-11/h4-8,10,14,17H,3,9H2,1-2H3/t14-/m0/s1. The second kappa shape index (κ2) is 5.98. The minimum atomic E-state index is -0.457. The van der Waals surface area contributed by atoms with Gasteiger partial charge < -0.3 is 10.0 Å². The van der Waals surface area contributed by atoms with Crippen molar-refractivity contribution in [2.45, 2.75) is 26.0 Å². The Bertz CT molecular complexity index is 467. The van der Waals surface area contributed by atoms with Crippen molar-refractivity contribution in [3.63, 3.8) is 0 Å². The fraction of sp³-hybridized carbons (Fsp3) is 0.357. The van der Waals surface area contributed by atoms with E-state index in [-0.39, 0.29) is 0 Å². The highest BCUT2D eigenvalue weighted by molar-refractivity contribution is 7.07. The topological polar surface area (TPSA) is 36.4 Å². The van der Waals surface area contributed by atoms with Crippen molar-refractivity contribution < 1.29 is 5.11 Å². The molecule has 1 N–H and O–H groups in total. The van der Waals surface area contributed by atoms with Gasteiger partial charge in [-0.1, -0.05) is 6.92 Å². The van der Waals surface area contributed by atoms with Crippen LogP contribution in [0.5, 0.6) is 0 Å². The second-order valence-electron chi connectivity index (χ2n) is 4.35. The molecule has 0 spiro atoms. The molecule has 18 heavy (non-hydrogen) atoms. The summed E-state index contributed by atoms with van der Waals surface area (Å²) < 4.78 is 0. The zero-order chi connectivity index (χ0) is 13.0. The quantitative estimate of drug-likeness (QED) is 0.898. The first-order chi connectivity index (χ1) is 8.70. The Balaban J connectivity index is 2.04. The molecule has 96 valence electrons. The van der Waals surface area contributed by atoms with Gasteiger partial charge in [-0.05, 0) is 40.9 Å². The first-order valence-corrected chi connectivity index (χ1v) is 7.01. The van der Waals surface area contributed by atoms with E-state index < -0.39 is 6.10 Å². The van der Waals surface area contributed by atoms with Gasteiger partial charge in [0.25, 0.3) is 0 Å². The van der Waals surface area contributed by atoms with E-state index in [1.807, 2.05) is 32.3 Å². The van der Waals surface area contributed by atoms with Gasteiger partial charge in [-0.15, -0.1) is 0 Å². The van der Waals surface area contributed by atoms with Crippen molar-refractivity contribution in [2.75, 3.05) is 11.9 Å². The summed E-state index contributed by atoms with van der Waals surface area (Å²) in [6, 6.07) is 6.03. The normalized spacial score (nSPS) is 12.4. The number of hydrogen-bond donors (Lipinski definition) is 1. The van der Waals surface area contributed by atoms with E-state index in [1.165, 1.54) is 5.56 Å². The lowest BCUT2D eigenvalue weighted by atomic mass is 10.2. The number of thiophene rings is 1.